The number of hydrogen-bond donors (Lipinski definition) is 1. The molecule has 2 aliphatic heterocycles. The summed E-state index contributed by atoms with van der Waals surface area (Å²) >= 11 is 0. The summed E-state index contributed by atoms with van der Waals surface area (Å²) in [5, 5.41) is 2.79. The maximum absolute atomic E-state index is 12.7. The van der Waals surface area contributed by atoms with Gasteiger partial charge in [-0.05, 0) is 30.2 Å². The molecular formula is C13H13F3N2O. The van der Waals surface area contributed by atoms with Crippen molar-refractivity contribution in [3.05, 3.63) is 29.3 Å². The Morgan fingerprint density at radius 1 is 1.32 bits per heavy atom. The molecule has 0 saturated carbocycles. The number of anilines is 1. The normalized spacial score (nSPS) is 22.6. The number of nitrogens with zero attached hydrogens (tertiary/aromatic N) is 1. The van der Waals surface area contributed by atoms with Crippen molar-refractivity contribution < 1.29 is 18.0 Å². The number of rotatable bonds is 0. The summed E-state index contributed by atoms with van der Waals surface area (Å²) in [7, 11) is 0. The first-order valence-corrected chi connectivity index (χ1v) is 6.21. The molecule has 1 aromatic carbocycles. The summed E-state index contributed by atoms with van der Waals surface area (Å²) in [5.74, 6) is -0.0951. The van der Waals surface area contributed by atoms with Gasteiger partial charge in [-0.25, -0.2) is 0 Å². The molecule has 3 nitrogen and oxygen atoms in total. The van der Waals surface area contributed by atoms with Gasteiger partial charge in [0.1, 0.15) is 6.04 Å². The molecule has 1 unspecified atom stereocenters. The van der Waals surface area contributed by atoms with E-state index < -0.39 is 11.7 Å². The molecule has 6 heteroatoms. The second-order valence-corrected chi connectivity index (χ2v) is 4.90. The first kappa shape index (κ1) is 12.3. The van der Waals surface area contributed by atoms with E-state index in [0.29, 0.717) is 25.1 Å². The lowest BCUT2D eigenvalue weighted by molar-refractivity contribution is -0.137. The third-order valence-electron chi connectivity index (χ3n) is 3.68. The molecule has 1 amide bonds. The monoisotopic (exact) mass is 270 g/mol. The topological polar surface area (TPSA) is 32.3 Å². The first-order valence-electron chi connectivity index (χ1n) is 6.21. The van der Waals surface area contributed by atoms with Gasteiger partial charge in [-0.15, -0.1) is 0 Å². The van der Waals surface area contributed by atoms with Crippen molar-refractivity contribution in [2.45, 2.75) is 25.1 Å². The third-order valence-corrected chi connectivity index (χ3v) is 3.68. The van der Waals surface area contributed by atoms with Crippen LogP contribution in [0.15, 0.2) is 18.2 Å². The second kappa shape index (κ2) is 4.15. The van der Waals surface area contributed by atoms with E-state index in [2.05, 4.69) is 5.32 Å². The van der Waals surface area contributed by atoms with Gasteiger partial charge in [-0.3, -0.25) is 4.79 Å². The van der Waals surface area contributed by atoms with Crippen LogP contribution in [0.4, 0.5) is 18.9 Å². The Morgan fingerprint density at radius 3 is 2.84 bits per heavy atom. The smallest absolute Gasteiger partial charge is 0.359 e. The van der Waals surface area contributed by atoms with E-state index in [1.807, 2.05) is 4.90 Å². The average molecular weight is 270 g/mol. The van der Waals surface area contributed by atoms with Crippen molar-refractivity contribution in [2.75, 3.05) is 18.0 Å². The quantitative estimate of drug-likeness (QED) is 0.781. The molecule has 0 spiro atoms. The van der Waals surface area contributed by atoms with Crippen LogP contribution < -0.4 is 10.2 Å². The zero-order valence-electron chi connectivity index (χ0n) is 10.1. The SMILES string of the molecule is O=C1NCCCN2c3ccc(C(F)(F)F)cc3CC12. The van der Waals surface area contributed by atoms with Crippen LogP contribution in [-0.4, -0.2) is 25.0 Å². The minimum atomic E-state index is -4.34. The van der Waals surface area contributed by atoms with Gasteiger partial charge in [0, 0.05) is 25.2 Å². The van der Waals surface area contributed by atoms with Crippen LogP contribution in [0.2, 0.25) is 0 Å². The molecule has 0 radical (unpaired) electrons. The Kier molecular flexibility index (Phi) is 2.69. The van der Waals surface area contributed by atoms with Crippen molar-refractivity contribution in [3.8, 4) is 0 Å². The maximum atomic E-state index is 12.7. The van der Waals surface area contributed by atoms with Crippen LogP contribution in [0, 0.1) is 0 Å². The number of nitrogens with one attached hydrogen (secondary N) is 1. The average Bonchev–Trinajstić information content (AvgIpc) is 2.61. The number of benzene rings is 1. The Bertz CT molecular complexity index is 527. The fourth-order valence-corrected chi connectivity index (χ4v) is 2.78. The Hall–Kier alpha value is -1.72. The maximum Gasteiger partial charge on any atom is 0.416 e. The highest BCUT2D eigenvalue weighted by Crippen LogP contribution is 2.38. The summed E-state index contributed by atoms with van der Waals surface area (Å²) in [6, 6.07) is 3.37. The van der Waals surface area contributed by atoms with E-state index in [1.54, 1.807) is 0 Å². The van der Waals surface area contributed by atoms with Crippen molar-refractivity contribution in [3.63, 3.8) is 0 Å². The molecule has 1 aromatic rings. The van der Waals surface area contributed by atoms with Gasteiger partial charge in [-0.1, -0.05) is 0 Å². The fourth-order valence-electron chi connectivity index (χ4n) is 2.78. The molecule has 1 N–H and O–H groups in total. The van der Waals surface area contributed by atoms with Gasteiger partial charge in [0.2, 0.25) is 5.91 Å². The fraction of sp³-hybridized carbons (Fsp3) is 0.462. The van der Waals surface area contributed by atoms with E-state index in [-0.39, 0.29) is 11.9 Å². The Balaban J connectivity index is 1.98. The van der Waals surface area contributed by atoms with E-state index in [1.165, 1.54) is 6.07 Å². The summed E-state index contributed by atoms with van der Waals surface area (Å²) in [6.07, 6.45) is -3.18. The molecule has 2 aliphatic rings. The highest BCUT2D eigenvalue weighted by molar-refractivity contribution is 5.88. The van der Waals surface area contributed by atoms with Crippen LogP contribution in [0.1, 0.15) is 17.5 Å². The summed E-state index contributed by atoms with van der Waals surface area (Å²) in [6.45, 7) is 1.32. The zero-order valence-corrected chi connectivity index (χ0v) is 10.1. The lowest BCUT2D eigenvalue weighted by atomic mass is 10.1. The Labute approximate surface area is 108 Å². The Morgan fingerprint density at radius 2 is 2.11 bits per heavy atom. The van der Waals surface area contributed by atoms with Gasteiger partial charge in [0.15, 0.2) is 0 Å². The molecule has 102 valence electrons. The molecule has 0 aromatic heterocycles. The molecule has 1 saturated heterocycles. The predicted octanol–water partition coefficient (Wildman–Crippen LogP) is 1.96. The van der Waals surface area contributed by atoms with Crippen LogP contribution in [0.25, 0.3) is 0 Å². The molecule has 3 rings (SSSR count). The van der Waals surface area contributed by atoms with E-state index in [9.17, 15) is 18.0 Å². The number of alkyl halides is 3. The summed E-state index contributed by atoms with van der Waals surface area (Å²) < 4.78 is 38.0. The highest BCUT2D eigenvalue weighted by atomic mass is 19.4. The molecule has 0 aliphatic carbocycles. The van der Waals surface area contributed by atoms with Crippen molar-refractivity contribution in [1.29, 1.82) is 0 Å². The van der Waals surface area contributed by atoms with E-state index in [0.717, 1.165) is 24.2 Å². The van der Waals surface area contributed by atoms with Gasteiger partial charge < -0.3 is 10.2 Å². The molecule has 19 heavy (non-hydrogen) atoms. The molecule has 1 fully saturated rings. The van der Waals surface area contributed by atoms with Crippen LogP contribution in [-0.2, 0) is 17.4 Å². The lowest BCUT2D eigenvalue weighted by Gasteiger charge is -2.23. The minimum absolute atomic E-state index is 0.0951. The zero-order chi connectivity index (χ0) is 13.6. The van der Waals surface area contributed by atoms with Gasteiger partial charge in [-0.2, -0.15) is 13.2 Å². The van der Waals surface area contributed by atoms with E-state index >= 15 is 0 Å². The van der Waals surface area contributed by atoms with Crippen LogP contribution >= 0.6 is 0 Å². The summed E-state index contributed by atoms with van der Waals surface area (Å²) in [4.78, 5) is 13.8. The largest absolute Gasteiger partial charge is 0.416 e. The van der Waals surface area contributed by atoms with Gasteiger partial charge >= 0.3 is 6.18 Å². The van der Waals surface area contributed by atoms with Gasteiger partial charge in [0.05, 0.1) is 5.56 Å². The molecule has 2 heterocycles. The molecule has 0 bridgehead atoms. The van der Waals surface area contributed by atoms with E-state index in [4.69, 9.17) is 0 Å². The minimum Gasteiger partial charge on any atom is -0.359 e. The van der Waals surface area contributed by atoms with Crippen molar-refractivity contribution >= 4 is 11.6 Å². The number of carbonyl (C=O) groups excluding carboxylic acids is 1. The first-order chi connectivity index (χ1) is 8.97. The standard InChI is InChI=1S/C13H13F3N2O/c14-13(15,16)9-2-3-10-8(6-9)7-11-12(19)17-4-1-5-18(10)11/h2-3,6,11H,1,4-5,7H2,(H,17,19). The predicted molar refractivity (Wildman–Crippen MR) is 63.9 cm³/mol. The number of hydrogen-bond acceptors (Lipinski definition) is 2. The third kappa shape index (κ3) is 2.05. The number of carbonyl (C=O) groups is 1. The van der Waals surface area contributed by atoms with Crippen LogP contribution in [0.3, 0.4) is 0 Å². The number of fused-ring (bicyclic) bond motifs is 3. The lowest BCUT2D eigenvalue weighted by Crippen LogP contribution is -2.42. The van der Waals surface area contributed by atoms with Crippen LogP contribution in [0.5, 0.6) is 0 Å². The number of halogens is 3. The van der Waals surface area contributed by atoms with Gasteiger partial charge in [0.25, 0.3) is 0 Å². The second-order valence-electron chi connectivity index (χ2n) is 4.90. The molecular weight excluding hydrogens is 257 g/mol. The number of amides is 1. The highest BCUT2D eigenvalue weighted by Gasteiger charge is 2.38. The van der Waals surface area contributed by atoms with Crippen molar-refractivity contribution in [1.82, 2.24) is 5.32 Å². The van der Waals surface area contributed by atoms with Crippen molar-refractivity contribution in [2.24, 2.45) is 0 Å². The summed E-state index contributed by atoms with van der Waals surface area (Å²) in [5.41, 5.74) is 0.719. The molecule has 1 atom stereocenters.